The number of aliphatic hydroxyl groups excluding tert-OH is 1. The highest BCUT2D eigenvalue weighted by Gasteiger charge is 2.13. The van der Waals surface area contributed by atoms with E-state index in [9.17, 15) is 5.11 Å². The summed E-state index contributed by atoms with van der Waals surface area (Å²) >= 11 is 12.0. The molecular formula is C13H19Cl2NO. The first-order chi connectivity index (χ1) is 8.08. The molecule has 17 heavy (non-hydrogen) atoms. The number of halogens is 2. The van der Waals surface area contributed by atoms with E-state index in [4.69, 9.17) is 23.2 Å². The van der Waals surface area contributed by atoms with Crippen LogP contribution in [0.3, 0.4) is 0 Å². The van der Waals surface area contributed by atoms with Gasteiger partial charge in [-0.15, -0.1) is 0 Å². The first-order valence-corrected chi connectivity index (χ1v) is 6.70. The van der Waals surface area contributed by atoms with Crippen LogP contribution in [0, 0.1) is 0 Å². The molecule has 0 spiro atoms. The van der Waals surface area contributed by atoms with Gasteiger partial charge < -0.3 is 10.4 Å². The molecule has 0 aliphatic heterocycles. The molecule has 0 heterocycles. The van der Waals surface area contributed by atoms with Crippen molar-refractivity contribution in [3.8, 4) is 0 Å². The number of hydrogen-bond acceptors (Lipinski definition) is 2. The molecule has 0 bridgehead atoms. The molecule has 0 radical (unpaired) electrons. The van der Waals surface area contributed by atoms with Gasteiger partial charge in [0.15, 0.2) is 0 Å². The maximum Gasteiger partial charge on any atom is 0.0662 e. The zero-order chi connectivity index (χ0) is 12.8. The summed E-state index contributed by atoms with van der Waals surface area (Å²) in [7, 11) is 0. The Balaban J connectivity index is 2.72. The molecule has 1 aromatic carbocycles. The highest BCUT2D eigenvalue weighted by atomic mass is 35.5. The highest BCUT2D eigenvalue weighted by Crippen LogP contribution is 2.27. The van der Waals surface area contributed by atoms with Gasteiger partial charge in [0.05, 0.1) is 6.10 Å². The molecule has 0 saturated heterocycles. The van der Waals surface area contributed by atoms with E-state index in [2.05, 4.69) is 12.2 Å². The second-order valence-electron chi connectivity index (χ2n) is 4.10. The molecule has 0 fully saturated rings. The van der Waals surface area contributed by atoms with Gasteiger partial charge in [0.1, 0.15) is 0 Å². The number of benzene rings is 1. The minimum Gasteiger partial charge on any atom is -0.392 e. The van der Waals surface area contributed by atoms with Gasteiger partial charge in [-0.2, -0.15) is 0 Å². The first-order valence-electron chi connectivity index (χ1n) is 5.94. The van der Waals surface area contributed by atoms with Crippen molar-refractivity contribution in [1.29, 1.82) is 0 Å². The van der Waals surface area contributed by atoms with Crippen molar-refractivity contribution in [2.75, 3.05) is 6.54 Å². The lowest BCUT2D eigenvalue weighted by Crippen LogP contribution is -2.29. The van der Waals surface area contributed by atoms with Crippen LogP contribution >= 0.6 is 23.2 Å². The smallest absolute Gasteiger partial charge is 0.0662 e. The van der Waals surface area contributed by atoms with Crippen LogP contribution in [0.4, 0.5) is 0 Å². The predicted molar refractivity (Wildman–Crippen MR) is 73.8 cm³/mol. The quantitative estimate of drug-likeness (QED) is 0.828. The van der Waals surface area contributed by atoms with E-state index < -0.39 is 0 Å². The van der Waals surface area contributed by atoms with Crippen LogP contribution in [0.15, 0.2) is 18.2 Å². The lowest BCUT2D eigenvalue weighted by atomic mass is 10.0. The Morgan fingerprint density at radius 1 is 1.24 bits per heavy atom. The average molecular weight is 276 g/mol. The largest absolute Gasteiger partial charge is 0.392 e. The Morgan fingerprint density at radius 3 is 2.47 bits per heavy atom. The second-order valence-corrected chi connectivity index (χ2v) is 4.94. The monoisotopic (exact) mass is 275 g/mol. The third kappa shape index (κ3) is 4.47. The summed E-state index contributed by atoms with van der Waals surface area (Å²) in [6, 6.07) is 5.67. The van der Waals surface area contributed by atoms with Crippen molar-refractivity contribution in [3.63, 3.8) is 0 Å². The Kier molecular flexibility index (Phi) is 6.28. The number of hydrogen-bond donors (Lipinski definition) is 2. The van der Waals surface area contributed by atoms with E-state index in [0.29, 0.717) is 16.6 Å². The van der Waals surface area contributed by atoms with E-state index in [1.165, 1.54) is 0 Å². The molecule has 4 heteroatoms. The van der Waals surface area contributed by atoms with Crippen molar-refractivity contribution >= 4 is 23.2 Å². The third-order valence-electron chi connectivity index (χ3n) is 2.82. The van der Waals surface area contributed by atoms with E-state index in [0.717, 1.165) is 18.4 Å². The van der Waals surface area contributed by atoms with E-state index >= 15 is 0 Å². The zero-order valence-electron chi connectivity index (χ0n) is 10.2. The molecule has 96 valence electrons. The zero-order valence-corrected chi connectivity index (χ0v) is 11.7. The summed E-state index contributed by atoms with van der Waals surface area (Å²) in [5.41, 5.74) is 1.03. The van der Waals surface area contributed by atoms with Gasteiger partial charge in [0, 0.05) is 22.6 Å². The maximum absolute atomic E-state index is 9.55. The van der Waals surface area contributed by atoms with Crippen LogP contribution < -0.4 is 5.32 Å². The van der Waals surface area contributed by atoms with Crippen molar-refractivity contribution in [3.05, 3.63) is 33.8 Å². The number of aliphatic hydroxyl groups is 1. The number of rotatable bonds is 6. The van der Waals surface area contributed by atoms with Crippen LogP contribution in [0.25, 0.3) is 0 Å². The van der Waals surface area contributed by atoms with Gasteiger partial charge in [0.2, 0.25) is 0 Å². The summed E-state index contributed by atoms with van der Waals surface area (Å²) in [4.78, 5) is 0. The van der Waals surface area contributed by atoms with Crippen LogP contribution in [0.2, 0.25) is 10.0 Å². The van der Waals surface area contributed by atoms with Gasteiger partial charge >= 0.3 is 0 Å². The molecule has 0 amide bonds. The molecule has 2 unspecified atom stereocenters. The summed E-state index contributed by atoms with van der Waals surface area (Å²) in [5, 5.41) is 14.2. The first kappa shape index (κ1) is 14.8. The normalized spacial score (nSPS) is 14.6. The van der Waals surface area contributed by atoms with Gasteiger partial charge in [-0.1, -0.05) is 43.1 Å². The standard InChI is InChI=1S/C13H19Cl2NO/c1-3-10(17)8-16-13(4-2)11-6-5-9(14)7-12(11)15/h5-7,10,13,16-17H,3-4,8H2,1-2H3. The van der Waals surface area contributed by atoms with E-state index in [-0.39, 0.29) is 12.1 Å². The highest BCUT2D eigenvalue weighted by molar-refractivity contribution is 6.35. The molecule has 2 nitrogen and oxygen atoms in total. The topological polar surface area (TPSA) is 32.3 Å². The molecule has 0 saturated carbocycles. The third-order valence-corrected chi connectivity index (χ3v) is 3.38. The lowest BCUT2D eigenvalue weighted by molar-refractivity contribution is 0.162. The minimum atomic E-state index is -0.310. The predicted octanol–water partition coefficient (Wildman–Crippen LogP) is 3.81. The summed E-state index contributed by atoms with van der Waals surface area (Å²) in [6.07, 6.45) is 1.35. The molecule has 1 aromatic rings. The van der Waals surface area contributed by atoms with Gasteiger partial charge in [0.25, 0.3) is 0 Å². The Morgan fingerprint density at radius 2 is 1.94 bits per heavy atom. The lowest BCUT2D eigenvalue weighted by Gasteiger charge is -2.20. The van der Waals surface area contributed by atoms with E-state index in [1.54, 1.807) is 6.07 Å². The summed E-state index contributed by atoms with van der Waals surface area (Å²) < 4.78 is 0. The molecule has 2 N–H and O–H groups in total. The Bertz CT molecular complexity index is 357. The SMILES string of the molecule is CCC(O)CNC(CC)c1ccc(Cl)cc1Cl. The van der Waals surface area contributed by atoms with Gasteiger partial charge in [-0.05, 0) is 30.5 Å². The van der Waals surface area contributed by atoms with Crippen molar-refractivity contribution < 1.29 is 5.11 Å². The summed E-state index contributed by atoms with van der Waals surface area (Å²) in [6.45, 7) is 4.62. The average Bonchev–Trinajstić information content (AvgIpc) is 2.31. The Labute approximate surface area is 113 Å². The van der Waals surface area contributed by atoms with Crippen LogP contribution in [-0.2, 0) is 0 Å². The number of nitrogens with one attached hydrogen (secondary N) is 1. The van der Waals surface area contributed by atoms with Gasteiger partial charge in [-0.3, -0.25) is 0 Å². The molecule has 1 rings (SSSR count). The van der Waals surface area contributed by atoms with Gasteiger partial charge in [-0.25, -0.2) is 0 Å². The summed E-state index contributed by atoms with van der Waals surface area (Å²) in [5.74, 6) is 0. The minimum absolute atomic E-state index is 0.154. The Hall–Kier alpha value is -0.280. The molecule has 0 aliphatic carbocycles. The van der Waals surface area contributed by atoms with Crippen LogP contribution in [0.1, 0.15) is 38.3 Å². The van der Waals surface area contributed by atoms with Crippen molar-refractivity contribution in [1.82, 2.24) is 5.32 Å². The second kappa shape index (κ2) is 7.22. The maximum atomic E-state index is 9.55. The van der Waals surface area contributed by atoms with Crippen molar-refractivity contribution in [2.24, 2.45) is 0 Å². The molecular weight excluding hydrogens is 257 g/mol. The molecule has 0 aliphatic rings. The molecule has 2 atom stereocenters. The fourth-order valence-corrected chi connectivity index (χ4v) is 2.22. The fourth-order valence-electron chi connectivity index (χ4n) is 1.68. The van der Waals surface area contributed by atoms with Crippen LogP contribution in [0.5, 0.6) is 0 Å². The van der Waals surface area contributed by atoms with Crippen LogP contribution in [-0.4, -0.2) is 17.8 Å². The fraction of sp³-hybridized carbons (Fsp3) is 0.538. The van der Waals surface area contributed by atoms with Crippen molar-refractivity contribution in [2.45, 2.75) is 38.8 Å². The van der Waals surface area contributed by atoms with E-state index in [1.807, 2.05) is 19.1 Å². The molecule has 0 aromatic heterocycles.